The molecule has 106 valence electrons. The van der Waals surface area contributed by atoms with Crippen LogP contribution in [0.25, 0.3) is 0 Å². The van der Waals surface area contributed by atoms with E-state index in [-0.39, 0.29) is 6.04 Å². The molecule has 1 aromatic rings. The Balaban J connectivity index is 2.24. The van der Waals surface area contributed by atoms with Gasteiger partial charge < -0.3 is 5.73 Å². The van der Waals surface area contributed by atoms with E-state index in [0.717, 1.165) is 34.6 Å². The Morgan fingerprint density at radius 1 is 1.37 bits per heavy atom. The fourth-order valence-electron chi connectivity index (χ4n) is 2.99. The summed E-state index contributed by atoms with van der Waals surface area (Å²) in [6.07, 6.45) is 3.78. The quantitative estimate of drug-likeness (QED) is 0.906. The number of likely N-dealkylation sites (tertiary alicyclic amines) is 1. The Labute approximate surface area is 125 Å². The fourth-order valence-corrected chi connectivity index (χ4v) is 3.64. The highest BCUT2D eigenvalue weighted by Crippen LogP contribution is 2.35. The monoisotopic (exact) mass is 300 g/mol. The van der Waals surface area contributed by atoms with Crippen LogP contribution in [-0.4, -0.2) is 24.5 Å². The van der Waals surface area contributed by atoms with E-state index in [2.05, 4.69) is 11.8 Å². The Morgan fingerprint density at radius 3 is 2.63 bits per heavy atom. The molecule has 1 saturated heterocycles. The first-order chi connectivity index (χ1) is 9.17. The van der Waals surface area contributed by atoms with Gasteiger partial charge in [-0.3, -0.25) is 4.90 Å². The zero-order valence-electron chi connectivity index (χ0n) is 11.4. The largest absolute Gasteiger partial charge is 0.329 e. The lowest BCUT2D eigenvalue weighted by Gasteiger charge is -2.38. The maximum atomic E-state index is 6.33. The van der Waals surface area contributed by atoms with Gasteiger partial charge in [-0.2, -0.15) is 0 Å². The smallest absolute Gasteiger partial charge is 0.0500 e. The summed E-state index contributed by atoms with van der Waals surface area (Å²) < 4.78 is 0. The van der Waals surface area contributed by atoms with E-state index in [4.69, 9.17) is 28.9 Å². The Bertz CT molecular complexity index is 402. The summed E-state index contributed by atoms with van der Waals surface area (Å²) in [6, 6.07) is 5.81. The third-order valence-corrected chi connectivity index (χ3v) is 4.78. The standard InChI is InChI=1S/C15H22Cl2N2/c1-2-11-5-4-8-19(10-11)14(9-18)15-12(16)6-3-7-13(15)17/h3,6-7,11,14H,2,4-5,8-10,18H2,1H3. The van der Waals surface area contributed by atoms with Crippen LogP contribution in [0.15, 0.2) is 18.2 Å². The van der Waals surface area contributed by atoms with Crippen molar-refractivity contribution in [1.29, 1.82) is 0 Å². The van der Waals surface area contributed by atoms with Gasteiger partial charge in [0.1, 0.15) is 0 Å². The summed E-state index contributed by atoms with van der Waals surface area (Å²) >= 11 is 12.7. The molecule has 0 radical (unpaired) electrons. The second-order valence-electron chi connectivity index (χ2n) is 5.30. The minimum Gasteiger partial charge on any atom is -0.329 e. The molecule has 1 aliphatic rings. The van der Waals surface area contributed by atoms with Crippen LogP contribution in [0.1, 0.15) is 37.8 Å². The molecule has 19 heavy (non-hydrogen) atoms. The highest BCUT2D eigenvalue weighted by Gasteiger charge is 2.27. The first kappa shape index (κ1) is 15.1. The summed E-state index contributed by atoms with van der Waals surface area (Å²) in [5, 5.41) is 1.45. The highest BCUT2D eigenvalue weighted by atomic mass is 35.5. The zero-order chi connectivity index (χ0) is 13.8. The van der Waals surface area contributed by atoms with Crippen molar-refractivity contribution < 1.29 is 0 Å². The van der Waals surface area contributed by atoms with E-state index in [1.807, 2.05) is 18.2 Å². The van der Waals surface area contributed by atoms with Gasteiger partial charge in [-0.1, -0.05) is 42.6 Å². The van der Waals surface area contributed by atoms with Crippen LogP contribution in [0.3, 0.4) is 0 Å². The molecule has 1 aliphatic heterocycles. The SMILES string of the molecule is CCC1CCCN(C(CN)c2c(Cl)cccc2Cl)C1. The van der Waals surface area contributed by atoms with Crippen molar-refractivity contribution in [3.8, 4) is 0 Å². The maximum Gasteiger partial charge on any atom is 0.0500 e. The van der Waals surface area contributed by atoms with Gasteiger partial charge in [0.25, 0.3) is 0 Å². The van der Waals surface area contributed by atoms with Crippen LogP contribution >= 0.6 is 23.2 Å². The number of benzene rings is 1. The van der Waals surface area contributed by atoms with Gasteiger partial charge >= 0.3 is 0 Å². The minimum absolute atomic E-state index is 0.135. The lowest BCUT2D eigenvalue weighted by atomic mass is 9.93. The van der Waals surface area contributed by atoms with E-state index in [0.29, 0.717) is 6.54 Å². The summed E-state index contributed by atoms with van der Waals surface area (Å²) in [5.41, 5.74) is 6.99. The second-order valence-corrected chi connectivity index (χ2v) is 6.11. The molecule has 2 atom stereocenters. The van der Waals surface area contributed by atoms with Crippen LogP contribution in [0.5, 0.6) is 0 Å². The third-order valence-electron chi connectivity index (χ3n) is 4.12. The summed E-state index contributed by atoms with van der Waals surface area (Å²) in [6.45, 7) is 4.99. The van der Waals surface area contributed by atoms with E-state index in [9.17, 15) is 0 Å². The number of nitrogens with zero attached hydrogens (tertiary/aromatic N) is 1. The molecule has 2 rings (SSSR count). The van der Waals surface area contributed by atoms with E-state index in [1.54, 1.807) is 0 Å². The molecule has 0 saturated carbocycles. The molecule has 2 nitrogen and oxygen atoms in total. The normalized spacial score (nSPS) is 22.4. The van der Waals surface area contributed by atoms with E-state index in [1.165, 1.54) is 19.3 Å². The number of halogens is 2. The molecule has 0 aromatic heterocycles. The van der Waals surface area contributed by atoms with Crippen molar-refractivity contribution in [2.75, 3.05) is 19.6 Å². The number of piperidine rings is 1. The first-order valence-corrected chi connectivity index (χ1v) is 7.81. The maximum absolute atomic E-state index is 6.33. The lowest BCUT2D eigenvalue weighted by Crippen LogP contribution is -2.41. The molecule has 0 aliphatic carbocycles. The van der Waals surface area contributed by atoms with Gasteiger partial charge in [-0.15, -0.1) is 0 Å². The van der Waals surface area contributed by atoms with Crippen molar-refractivity contribution >= 4 is 23.2 Å². The molecule has 1 heterocycles. The molecule has 0 spiro atoms. The Kier molecular flexibility index (Phi) is 5.52. The minimum atomic E-state index is 0.135. The molecular formula is C15H22Cl2N2. The predicted molar refractivity (Wildman–Crippen MR) is 82.8 cm³/mol. The molecular weight excluding hydrogens is 279 g/mol. The summed E-state index contributed by atoms with van der Waals surface area (Å²) in [5.74, 6) is 0.768. The number of hydrogen-bond acceptors (Lipinski definition) is 2. The van der Waals surface area contributed by atoms with E-state index < -0.39 is 0 Å². The Morgan fingerprint density at radius 2 is 2.05 bits per heavy atom. The molecule has 1 fully saturated rings. The molecule has 2 N–H and O–H groups in total. The van der Waals surface area contributed by atoms with Gasteiger partial charge in [0, 0.05) is 34.7 Å². The molecule has 0 amide bonds. The van der Waals surface area contributed by atoms with Crippen molar-refractivity contribution in [1.82, 2.24) is 4.90 Å². The van der Waals surface area contributed by atoms with Gasteiger partial charge in [-0.25, -0.2) is 0 Å². The predicted octanol–water partition coefficient (Wildman–Crippen LogP) is 4.12. The van der Waals surface area contributed by atoms with Crippen molar-refractivity contribution in [3.63, 3.8) is 0 Å². The van der Waals surface area contributed by atoms with Crippen LogP contribution in [-0.2, 0) is 0 Å². The van der Waals surface area contributed by atoms with Crippen LogP contribution in [0.4, 0.5) is 0 Å². The van der Waals surface area contributed by atoms with Crippen LogP contribution < -0.4 is 5.73 Å². The van der Waals surface area contributed by atoms with Gasteiger partial charge in [0.15, 0.2) is 0 Å². The highest BCUT2D eigenvalue weighted by molar-refractivity contribution is 6.36. The van der Waals surface area contributed by atoms with Crippen molar-refractivity contribution in [2.24, 2.45) is 11.7 Å². The average molecular weight is 301 g/mol. The first-order valence-electron chi connectivity index (χ1n) is 7.05. The molecule has 0 bridgehead atoms. The second kappa shape index (κ2) is 6.94. The fraction of sp³-hybridized carbons (Fsp3) is 0.600. The lowest BCUT2D eigenvalue weighted by molar-refractivity contribution is 0.124. The number of hydrogen-bond donors (Lipinski definition) is 1. The molecule has 2 unspecified atom stereocenters. The van der Waals surface area contributed by atoms with Crippen molar-refractivity contribution in [3.05, 3.63) is 33.8 Å². The number of rotatable bonds is 4. The topological polar surface area (TPSA) is 29.3 Å². The van der Waals surface area contributed by atoms with E-state index >= 15 is 0 Å². The van der Waals surface area contributed by atoms with Gasteiger partial charge in [-0.05, 0) is 37.4 Å². The third kappa shape index (κ3) is 3.43. The summed E-state index contributed by atoms with van der Waals surface area (Å²) in [7, 11) is 0. The average Bonchev–Trinajstić information content (AvgIpc) is 2.43. The van der Waals surface area contributed by atoms with Gasteiger partial charge in [0.2, 0.25) is 0 Å². The molecule has 1 aromatic carbocycles. The van der Waals surface area contributed by atoms with Crippen LogP contribution in [0, 0.1) is 5.92 Å². The van der Waals surface area contributed by atoms with Crippen LogP contribution in [0.2, 0.25) is 10.0 Å². The number of nitrogens with two attached hydrogens (primary N) is 1. The zero-order valence-corrected chi connectivity index (χ0v) is 12.9. The summed E-state index contributed by atoms with van der Waals surface area (Å²) in [4.78, 5) is 2.45. The van der Waals surface area contributed by atoms with Crippen molar-refractivity contribution in [2.45, 2.75) is 32.2 Å². The molecule has 4 heteroatoms. The Hall–Kier alpha value is -0.280. The van der Waals surface area contributed by atoms with Gasteiger partial charge in [0.05, 0.1) is 0 Å².